The van der Waals surface area contributed by atoms with E-state index in [1.165, 1.54) is 6.07 Å². The Bertz CT molecular complexity index is 1020. The summed E-state index contributed by atoms with van der Waals surface area (Å²) in [6.07, 6.45) is 1.34. The van der Waals surface area contributed by atoms with Crippen LogP contribution in [0.2, 0.25) is 0 Å². The summed E-state index contributed by atoms with van der Waals surface area (Å²) in [5, 5.41) is 15.0. The van der Waals surface area contributed by atoms with Gasteiger partial charge in [0, 0.05) is 31.1 Å². The van der Waals surface area contributed by atoms with Crippen LogP contribution in [0.25, 0.3) is 11.1 Å². The number of carbonyl (C=O) groups excluding carboxylic acids is 1. The molecule has 29 heavy (non-hydrogen) atoms. The van der Waals surface area contributed by atoms with Gasteiger partial charge in [-0.15, -0.1) is 0 Å². The van der Waals surface area contributed by atoms with Crippen LogP contribution in [0.15, 0.2) is 52.5 Å². The molecule has 2 aromatic carbocycles. The molecule has 1 aliphatic heterocycles. The number of nitrogens with one attached hydrogen (secondary N) is 2. The first kappa shape index (κ1) is 20.8. The first-order valence-electron chi connectivity index (χ1n) is 9.08. The number of nitrogens with two attached hydrogens (primary N) is 3. The topological polar surface area (TPSA) is 166 Å². The molecule has 1 saturated heterocycles. The Labute approximate surface area is 169 Å². The molecular formula is C19H24N6O3S. The molecule has 10 heteroatoms. The van der Waals surface area contributed by atoms with Crippen molar-refractivity contribution in [3.05, 3.63) is 53.6 Å². The van der Waals surface area contributed by atoms with Gasteiger partial charge in [-0.3, -0.25) is 4.79 Å². The van der Waals surface area contributed by atoms with E-state index in [4.69, 9.17) is 16.7 Å². The van der Waals surface area contributed by atoms with Gasteiger partial charge in [0.1, 0.15) is 0 Å². The predicted molar refractivity (Wildman–Crippen MR) is 111 cm³/mol. The third kappa shape index (κ3) is 4.91. The zero-order chi connectivity index (χ0) is 21.0. The van der Waals surface area contributed by atoms with Gasteiger partial charge < -0.3 is 22.2 Å². The largest absolute Gasteiger partial charge is 0.382 e. The van der Waals surface area contributed by atoms with E-state index in [0.717, 1.165) is 17.5 Å². The van der Waals surface area contributed by atoms with E-state index in [1.54, 1.807) is 12.1 Å². The van der Waals surface area contributed by atoms with Crippen LogP contribution in [-0.2, 0) is 21.4 Å². The number of hydrogen-bond donors (Lipinski definition) is 5. The first-order valence-corrected chi connectivity index (χ1v) is 10.6. The van der Waals surface area contributed by atoms with Crippen molar-refractivity contribution < 1.29 is 13.2 Å². The summed E-state index contributed by atoms with van der Waals surface area (Å²) < 4.78 is 23.9. The maximum Gasteiger partial charge on any atom is 0.238 e. The van der Waals surface area contributed by atoms with Gasteiger partial charge in [-0.1, -0.05) is 36.4 Å². The molecule has 0 radical (unpaired) electrons. The molecule has 1 atom stereocenters. The smallest absolute Gasteiger partial charge is 0.238 e. The van der Waals surface area contributed by atoms with Crippen LogP contribution in [0.5, 0.6) is 0 Å². The van der Waals surface area contributed by atoms with Gasteiger partial charge >= 0.3 is 0 Å². The number of hydrazone groups is 1. The predicted octanol–water partition coefficient (Wildman–Crippen LogP) is -0.0518. The van der Waals surface area contributed by atoms with Crippen LogP contribution in [0.4, 0.5) is 0 Å². The van der Waals surface area contributed by atoms with Gasteiger partial charge in [0.2, 0.25) is 15.9 Å². The number of amidine groups is 1. The Kier molecular flexibility index (Phi) is 6.16. The van der Waals surface area contributed by atoms with Gasteiger partial charge in [0.05, 0.1) is 4.90 Å². The second kappa shape index (κ2) is 8.60. The minimum absolute atomic E-state index is 0.0882. The highest BCUT2D eigenvalue weighted by Gasteiger charge is 2.21. The molecule has 1 amide bonds. The molecule has 0 aliphatic carbocycles. The number of nitrogens with zero attached hydrogens (tertiary/aromatic N) is 1. The van der Waals surface area contributed by atoms with Crippen LogP contribution in [-0.4, -0.2) is 32.7 Å². The number of piperidine rings is 1. The summed E-state index contributed by atoms with van der Waals surface area (Å²) in [6, 6.07) is 12.6. The van der Waals surface area contributed by atoms with E-state index in [9.17, 15) is 13.2 Å². The van der Waals surface area contributed by atoms with Crippen LogP contribution in [0, 0.1) is 0 Å². The molecule has 1 aliphatic rings. The summed E-state index contributed by atoms with van der Waals surface area (Å²) in [6.45, 7) is 1.27. The highest BCUT2D eigenvalue weighted by Crippen LogP contribution is 2.28. The average Bonchev–Trinajstić information content (AvgIpc) is 2.72. The SMILES string of the molecule is N/N=C(\N)c1c(-c2ccc(CNC3CCC(=O)NC3)cc2)cccc1S(N)(=O)=O. The molecule has 1 fully saturated rings. The Morgan fingerprint density at radius 3 is 2.52 bits per heavy atom. The van der Waals surface area contributed by atoms with Gasteiger partial charge in [0.25, 0.3) is 0 Å². The maximum atomic E-state index is 12.0. The van der Waals surface area contributed by atoms with Crippen LogP contribution in [0.1, 0.15) is 24.0 Å². The number of hydrogen-bond acceptors (Lipinski definition) is 6. The molecule has 8 N–H and O–H groups in total. The number of benzene rings is 2. The molecule has 1 unspecified atom stereocenters. The number of primary sulfonamides is 1. The molecule has 2 aromatic rings. The van der Waals surface area contributed by atoms with Crippen molar-refractivity contribution in [2.24, 2.45) is 21.8 Å². The van der Waals surface area contributed by atoms with Crippen molar-refractivity contribution in [2.45, 2.75) is 30.3 Å². The van der Waals surface area contributed by atoms with Crippen LogP contribution >= 0.6 is 0 Å². The quantitative estimate of drug-likeness (QED) is 0.192. The van der Waals surface area contributed by atoms with Gasteiger partial charge in [-0.25, -0.2) is 13.6 Å². The van der Waals surface area contributed by atoms with E-state index < -0.39 is 10.0 Å². The summed E-state index contributed by atoms with van der Waals surface area (Å²) in [7, 11) is -4.01. The monoisotopic (exact) mass is 416 g/mol. The van der Waals surface area contributed by atoms with E-state index in [-0.39, 0.29) is 28.2 Å². The fraction of sp³-hybridized carbons (Fsp3) is 0.263. The number of amides is 1. The molecule has 1 heterocycles. The minimum atomic E-state index is -4.01. The summed E-state index contributed by atoms with van der Waals surface area (Å²) >= 11 is 0. The molecule has 0 saturated carbocycles. The summed E-state index contributed by atoms with van der Waals surface area (Å²) in [5.41, 5.74) is 8.42. The first-order chi connectivity index (χ1) is 13.8. The Balaban J connectivity index is 1.83. The van der Waals surface area contributed by atoms with Crippen molar-refractivity contribution in [3.63, 3.8) is 0 Å². The van der Waals surface area contributed by atoms with Gasteiger partial charge in [-0.05, 0) is 29.2 Å². The molecule has 9 nitrogen and oxygen atoms in total. The van der Waals surface area contributed by atoms with Crippen molar-refractivity contribution in [3.8, 4) is 11.1 Å². The standard InChI is InChI=1S/C19H24N6O3S/c20-19(25-21)18-15(2-1-3-16(18)29(22,27)28)13-6-4-12(5-7-13)10-23-14-8-9-17(26)24-11-14/h1-7,14,23H,8-11,21H2,(H2,20,25)(H,24,26)(H2,22,27,28). The highest BCUT2D eigenvalue weighted by molar-refractivity contribution is 7.89. The van der Waals surface area contributed by atoms with E-state index in [0.29, 0.717) is 25.1 Å². The molecule has 0 spiro atoms. The summed E-state index contributed by atoms with van der Waals surface area (Å²) in [5.74, 6) is 5.27. The molecule has 0 aromatic heterocycles. The third-order valence-corrected chi connectivity index (χ3v) is 5.81. The van der Waals surface area contributed by atoms with E-state index in [1.807, 2.05) is 24.3 Å². The van der Waals surface area contributed by atoms with Crippen molar-refractivity contribution in [1.82, 2.24) is 10.6 Å². The fourth-order valence-corrected chi connectivity index (χ4v) is 4.08. The number of rotatable bonds is 6. The Morgan fingerprint density at radius 2 is 1.93 bits per heavy atom. The van der Waals surface area contributed by atoms with E-state index >= 15 is 0 Å². The second-order valence-electron chi connectivity index (χ2n) is 6.86. The molecular weight excluding hydrogens is 392 g/mol. The van der Waals surface area contributed by atoms with Gasteiger partial charge in [0.15, 0.2) is 5.84 Å². The zero-order valence-electron chi connectivity index (χ0n) is 15.8. The lowest BCUT2D eigenvalue weighted by Gasteiger charge is -2.23. The lowest BCUT2D eigenvalue weighted by atomic mass is 9.98. The second-order valence-corrected chi connectivity index (χ2v) is 8.39. The van der Waals surface area contributed by atoms with Crippen molar-refractivity contribution in [1.29, 1.82) is 0 Å². The minimum Gasteiger partial charge on any atom is -0.382 e. The Hall–Kier alpha value is -2.95. The lowest BCUT2D eigenvalue weighted by molar-refractivity contribution is -0.122. The zero-order valence-corrected chi connectivity index (χ0v) is 16.6. The molecule has 3 rings (SSSR count). The lowest BCUT2D eigenvalue weighted by Crippen LogP contribution is -2.45. The van der Waals surface area contributed by atoms with Crippen LogP contribution in [0.3, 0.4) is 0 Å². The third-order valence-electron chi connectivity index (χ3n) is 4.85. The average molecular weight is 417 g/mol. The maximum absolute atomic E-state index is 12.0. The van der Waals surface area contributed by atoms with Crippen molar-refractivity contribution >= 4 is 21.8 Å². The van der Waals surface area contributed by atoms with E-state index in [2.05, 4.69) is 15.7 Å². The van der Waals surface area contributed by atoms with Crippen molar-refractivity contribution in [2.75, 3.05) is 6.54 Å². The van der Waals surface area contributed by atoms with Gasteiger partial charge in [-0.2, -0.15) is 5.10 Å². The Morgan fingerprint density at radius 1 is 1.21 bits per heavy atom. The fourth-order valence-electron chi connectivity index (χ4n) is 3.31. The molecule has 154 valence electrons. The summed E-state index contributed by atoms with van der Waals surface area (Å²) in [4.78, 5) is 11.1. The normalized spacial score (nSPS) is 17.8. The highest BCUT2D eigenvalue weighted by atomic mass is 32.2. The molecule has 0 bridgehead atoms. The number of carbonyl (C=O) groups is 1. The van der Waals surface area contributed by atoms with Crippen LogP contribution < -0.4 is 27.3 Å². The number of sulfonamides is 1.